The average molecular weight is 337 g/mol. The molecule has 0 aliphatic carbocycles. The first-order valence-electron chi connectivity index (χ1n) is 8.50. The summed E-state index contributed by atoms with van der Waals surface area (Å²) in [6, 6.07) is 4.46. The van der Waals surface area contributed by atoms with Gasteiger partial charge in [0, 0.05) is 18.8 Å². The molecule has 24 heavy (non-hydrogen) atoms. The Morgan fingerprint density at radius 3 is 2.71 bits per heavy atom. The number of hydrogen-bond donors (Lipinski definition) is 2. The van der Waals surface area contributed by atoms with Crippen molar-refractivity contribution in [3.63, 3.8) is 0 Å². The largest absolute Gasteiger partial charge is 0.380 e. The summed E-state index contributed by atoms with van der Waals surface area (Å²) < 4.78 is 19.7. The lowest BCUT2D eigenvalue weighted by molar-refractivity contribution is -0.121. The molecule has 1 saturated heterocycles. The van der Waals surface area contributed by atoms with E-state index in [1.807, 2.05) is 32.8 Å². The molecule has 1 aliphatic heterocycles. The number of carbonyl (C=O) groups excluding carboxylic acids is 1. The topological polar surface area (TPSA) is 53.6 Å². The molecule has 2 unspecified atom stereocenters. The van der Waals surface area contributed by atoms with Gasteiger partial charge in [0.25, 0.3) is 0 Å². The molecule has 1 aliphatic rings. The molecular weight excluding hydrogens is 309 g/mol. The quantitative estimate of drug-likeness (QED) is 0.803. The van der Waals surface area contributed by atoms with Crippen molar-refractivity contribution in [2.24, 2.45) is 5.92 Å². The molecule has 0 radical (unpaired) electrons. The maximum atomic E-state index is 14.2. The highest BCUT2D eigenvalue weighted by Gasteiger charge is 2.24. The Kier molecular flexibility index (Phi) is 6.57. The Bertz CT molecular complexity index is 549. The van der Waals surface area contributed by atoms with Gasteiger partial charge in [-0.3, -0.25) is 9.69 Å². The highest BCUT2D eigenvalue weighted by Crippen LogP contribution is 2.21. The molecule has 0 bridgehead atoms. The highest BCUT2D eigenvalue weighted by molar-refractivity contribution is 5.95. The lowest BCUT2D eigenvalue weighted by atomic mass is 10.0. The normalized spacial score (nSPS) is 18.9. The van der Waals surface area contributed by atoms with E-state index < -0.39 is 0 Å². The monoisotopic (exact) mass is 337 g/mol. The first-order valence-corrected chi connectivity index (χ1v) is 8.50. The summed E-state index contributed by atoms with van der Waals surface area (Å²) in [6.07, 6.45) is 2.21. The van der Waals surface area contributed by atoms with Crippen molar-refractivity contribution in [2.75, 3.05) is 37.9 Å². The van der Waals surface area contributed by atoms with Crippen LogP contribution >= 0.6 is 0 Å². The predicted octanol–water partition coefficient (Wildman–Crippen LogP) is 2.94. The van der Waals surface area contributed by atoms with Crippen molar-refractivity contribution < 1.29 is 13.9 Å². The van der Waals surface area contributed by atoms with Crippen LogP contribution in [0.3, 0.4) is 0 Å². The number of benzene rings is 1. The van der Waals surface area contributed by atoms with E-state index in [1.54, 1.807) is 12.1 Å². The number of rotatable bonds is 7. The third-order valence-electron chi connectivity index (χ3n) is 4.24. The SMILES string of the molecule is CC(C)C(C(=O)Nc1ccc(NCC2CCCO2)c(F)c1)N(C)C. The molecular formula is C18H28FN3O2. The molecule has 0 saturated carbocycles. The van der Waals surface area contributed by atoms with Gasteiger partial charge in [0.1, 0.15) is 5.82 Å². The predicted molar refractivity (Wildman–Crippen MR) is 94.8 cm³/mol. The van der Waals surface area contributed by atoms with Crippen LogP contribution in [0.2, 0.25) is 0 Å². The van der Waals surface area contributed by atoms with Gasteiger partial charge in [-0.05, 0) is 51.1 Å². The second-order valence-corrected chi connectivity index (χ2v) is 6.85. The molecule has 2 atom stereocenters. The van der Waals surface area contributed by atoms with Crippen LogP contribution in [0.15, 0.2) is 18.2 Å². The van der Waals surface area contributed by atoms with E-state index in [2.05, 4.69) is 10.6 Å². The third-order valence-corrected chi connectivity index (χ3v) is 4.24. The van der Waals surface area contributed by atoms with Crippen molar-refractivity contribution in [1.29, 1.82) is 0 Å². The summed E-state index contributed by atoms with van der Waals surface area (Å²) >= 11 is 0. The first kappa shape index (κ1) is 18.7. The van der Waals surface area contributed by atoms with Crippen LogP contribution in [-0.4, -0.2) is 50.2 Å². The minimum absolute atomic E-state index is 0.130. The standard InChI is InChI=1S/C18H28FN3O2/c1-12(2)17(22(3)4)18(23)21-13-7-8-16(15(19)10-13)20-11-14-6-5-9-24-14/h7-8,10,12,14,17,20H,5-6,9,11H2,1-4H3,(H,21,23). The lowest BCUT2D eigenvalue weighted by Crippen LogP contribution is -2.43. The van der Waals surface area contributed by atoms with Crippen molar-refractivity contribution >= 4 is 17.3 Å². The fraction of sp³-hybridized carbons (Fsp3) is 0.611. The van der Waals surface area contributed by atoms with Gasteiger partial charge < -0.3 is 15.4 Å². The summed E-state index contributed by atoms with van der Waals surface area (Å²) in [5, 5.41) is 5.87. The summed E-state index contributed by atoms with van der Waals surface area (Å²) in [7, 11) is 3.73. The molecule has 1 fully saturated rings. The number of halogens is 1. The maximum Gasteiger partial charge on any atom is 0.241 e. The minimum Gasteiger partial charge on any atom is -0.380 e. The Labute approximate surface area is 143 Å². The lowest BCUT2D eigenvalue weighted by Gasteiger charge is -2.26. The summed E-state index contributed by atoms with van der Waals surface area (Å²) in [6.45, 7) is 5.35. The molecule has 5 nitrogen and oxygen atoms in total. The number of nitrogens with zero attached hydrogens (tertiary/aromatic N) is 1. The van der Waals surface area contributed by atoms with Crippen molar-refractivity contribution in [3.8, 4) is 0 Å². The zero-order valence-corrected chi connectivity index (χ0v) is 14.9. The average Bonchev–Trinajstić information content (AvgIpc) is 2.98. The second kappa shape index (κ2) is 8.44. The van der Waals surface area contributed by atoms with Crippen LogP contribution in [-0.2, 0) is 9.53 Å². The molecule has 6 heteroatoms. The molecule has 1 aromatic carbocycles. The zero-order valence-electron chi connectivity index (χ0n) is 14.9. The van der Waals surface area contributed by atoms with E-state index in [0.717, 1.165) is 19.4 Å². The van der Waals surface area contributed by atoms with Crippen LogP contribution in [0.5, 0.6) is 0 Å². The van der Waals surface area contributed by atoms with Gasteiger partial charge in [-0.15, -0.1) is 0 Å². The van der Waals surface area contributed by atoms with Gasteiger partial charge in [-0.25, -0.2) is 4.39 Å². The number of anilines is 2. The minimum atomic E-state index is -0.378. The van der Waals surface area contributed by atoms with Gasteiger partial charge in [0.05, 0.1) is 17.8 Å². The fourth-order valence-electron chi connectivity index (χ4n) is 3.12. The summed E-state index contributed by atoms with van der Waals surface area (Å²) in [5.74, 6) is -0.344. The van der Waals surface area contributed by atoms with Gasteiger partial charge in [0.2, 0.25) is 5.91 Å². The molecule has 1 heterocycles. The van der Waals surface area contributed by atoms with Gasteiger partial charge in [-0.1, -0.05) is 13.8 Å². The number of likely N-dealkylation sites (N-methyl/N-ethyl adjacent to an activating group) is 1. The van der Waals surface area contributed by atoms with Crippen LogP contribution in [0, 0.1) is 11.7 Å². The van der Waals surface area contributed by atoms with Crippen LogP contribution < -0.4 is 10.6 Å². The second-order valence-electron chi connectivity index (χ2n) is 6.85. The highest BCUT2D eigenvalue weighted by atomic mass is 19.1. The first-order chi connectivity index (χ1) is 11.4. The number of nitrogens with one attached hydrogen (secondary N) is 2. The molecule has 0 spiro atoms. The number of carbonyl (C=O) groups is 1. The van der Waals surface area contributed by atoms with E-state index in [9.17, 15) is 9.18 Å². The molecule has 0 aromatic heterocycles. The molecule has 1 aromatic rings. The Morgan fingerprint density at radius 2 is 2.17 bits per heavy atom. The van der Waals surface area contributed by atoms with E-state index in [1.165, 1.54) is 6.07 Å². The third kappa shape index (κ3) is 4.92. The number of ether oxygens (including phenoxy) is 1. The summed E-state index contributed by atoms with van der Waals surface area (Å²) in [4.78, 5) is 14.3. The molecule has 134 valence electrons. The Morgan fingerprint density at radius 1 is 1.42 bits per heavy atom. The number of hydrogen-bond acceptors (Lipinski definition) is 4. The van der Waals surface area contributed by atoms with Crippen LogP contribution in [0.25, 0.3) is 0 Å². The fourth-order valence-corrected chi connectivity index (χ4v) is 3.12. The van der Waals surface area contributed by atoms with E-state index >= 15 is 0 Å². The van der Waals surface area contributed by atoms with Gasteiger partial charge >= 0.3 is 0 Å². The maximum absolute atomic E-state index is 14.2. The van der Waals surface area contributed by atoms with E-state index in [4.69, 9.17) is 4.74 Å². The summed E-state index contributed by atoms with van der Waals surface area (Å²) in [5.41, 5.74) is 0.893. The van der Waals surface area contributed by atoms with Gasteiger partial charge in [0.15, 0.2) is 0 Å². The molecule has 2 rings (SSSR count). The van der Waals surface area contributed by atoms with E-state index in [-0.39, 0.29) is 29.8 Å². The Hall–Kier alpha value is -1.66. The molecule has 1 amide bonds. The Balaban J connectivity index is 1.96. The van der Waals surface area contributed by atoms with E-state index in [0.29, 0.717) is 17.9 Å². The smallest absolute Gasteiger partial charge is 0.241 e. The zero-order chi connectivity index (χ0) is 17.7. The van der Waals surface area contributed by atoms with Crippen LogP contribution in [0.4, 0.5) is 15.8 Å². The van der Waals surface area contributed by atoms with Crippen molar-refractivity contribution in [2.45, 2.75) is 38.8 Å². The molecule has 2 N–H and O–H groups in total. The van der Waals surface area contributed by atoms with Gasteiger partial charge in [-0.2, -0.15) is 0 Å². The van der Waals surface area contributed by atoms with Crippen molar-refractivity contribution in [3.05, 3.63) is 24.0 Å². The van der Waals surface area contributed by atoms with Crippen LogP contribution in [0.1, 0.15) is 26.7 Å². The number of amides is 1. The van der Waals surface area contributed by atoms with Crippen molar-refractivity contribution in [1.82, 2.24) is 4.90 Å².